The molecule has 26 heavy (non-hydrogen) atoms. The fourth-order valence-corrected chi connectivity index (χ4v) is 3.41. The van der Waals surface area contributed by atoms with Crippen molar-refractivity contribution in [3.63, 3.8) is 0 Å². The second-order valence-electron chi connectivity index (χ2n) is 5.77. The molecule has 3 rings (SSSR count). The zero-order valence-corrected chi connectivity index (χ0v) is 15.2. The van der Waals surface area contributed by atoms with Crippen molar-refractivity contribution in [3.05, 3.63) is 77.2 Å². The molecule has 4 nitrogen and oxygen atoms in total. The van der Waals surface area contributed by atoms with Crippen LogP contribution in [-0.2, 0) is 16.0 Å². The van der Waals surface area contributed by atoms with Gasteiger partial charge in [0.15, 0.2) is 0 Å². The SMILES string of the molecule is COC(=O)c1ccsc1NC(=O)CCc1ccc(-c2ccccc2)cc1. The topological polar surface area (TPSA) is 55.4 Å². The number of benzene rings is 2. The monoisotopic (exact) mass is 365 g/mol. The van der Waals surface area contributed by atoms with Crippen LogP contribution >= 0.6 is 11.3 Å². The molecule has 0 bridgehead atoms. The Bertz CT molecular complexity index is 885. The first kappa shape index (κ1) is 17.9. The van der Waals surface area contributed by atoms with Crippen molar-refractivity contribution in [2.75, 3.05) is 12.4 Å². The van der Waals surface area contributed by atoms with Crippen LogP contribution in [0.15, 0.2) is 66.0 Å². The molecular weight excluding hydrogens is 346 g/mol. The van der Waals surface area contributed by atoms with Crippen molar-refractivity contribution >= 4 is 28.2 Å². The highest BCUT2D eigenvalue weighted by molar-refractivity contribution is 7.14. The van der Waals surface area contributed by atoms with Crippen LogP contribution in [0.4, 0.5) is 5.00 Å². The number of aryl methyl sites for hydroxylation is 1. The first-order chi connectivity index (χ1) is 12.7. The van der Waals surface area contributed by atoms with Gasteiger partial charge in [0.25, 0.3) is 0 Å². The molecule has 0 radical (unpaired) electrons. The standard InChI is InChI=1S/C21H19NO3S/c1-25-21(24)18-13-14-26-20(18)22-19(23)12-9-15-7-10-17(11-8-15)16-5-3-2-4-6-16/h2-8,10-11,13-14H,9,12H2,1H3,(H,22,23). The molecule has 1 heterocycles. The molecule has 1 aromatic heterocycles. The number of methoxy groups -OCH3 is 1. The van der Waals surface area contributed by atoms with E-state index in [9.17, 15) is 9.59 Å². The van der Waals surface area contributed by atoms with Gasteiger partial charge in [0.2, 0.25) is 5.91 Å². The predicted molar refractivity (Wildman–Crippen MR) is 104 cm³/mol. The molecule has 2 aromatic carbocycles. The van der Waals surface area contributed by atoms with Crippen LogP contribution in [0, 0.1) is 0 Å². The Morgan fingerprint density at radius 2 is 1.65 bits per heavy atom. The van der Waals surface area contributed by atoms with Gasteiger partial charge in [-0.15, -0.1) is 11.3 Å². The summed E-state index contributed by atoms with van der Waals surface area (Å²) >= 11 is 1.31. The minimum atomic E-state index is -0.446. The average molecular weight is 365 g/mol. The molecule has 1 amide bonds. The molecule has 5 heteroatoms. The lowest BCUT2D eigenvalue weighted by molar-refractivity contribution is -0.116. The number of esters is 1. The van der Waals surface area contributed by atoms with E-state index in [0.717, 1.165) is 11.1 Å². The van der Waals surface area contributed by atoms with Crippen molar-refractivity contribution in [1.82, 2.24) is 0 Å². The number of thiophene rings is 1. The van der Waals surface area contributed by atoms with Gasteiger partial charge >= 0.3 is 5.97 Å². The summed E-state index contributed by atoms with van der Waals surface area (Å²) in [6.07, 6.45) is 0.989. The molecule has 1 N–H and O–H groups in total. The Balaban J connectivity index is 1.57. The van der Waals surface area contributed by atoms with Crippen molar-refractivity contribution in [3.8, 4) is 11.1 Å². The van der Waals surface area contributed by atoms with Crippen LogP contribution in [0.5, 0.6) is 0 Å². The summed E-state index contributed by atoms with van der Waals surface area (Å²) in [5, 5.41) is 5.08. The van der Waals surface area contributed by atoms with Gasteiger partial charge < -0.3 is 10.1 Å². The minimum absolute atomic E-state index is 0.121. The third-order valence-electron chi connectivity index (χ3n) is 4.03. The molecule has 0 aliphatic heterocycles. The zero-order chi connectivity index (χ0) is 18.4. The average Bonchev–Trinajstić information content (AvgIpc) is 3.15. The Labute approximate surface area is 156 Å². The first-order valence-electron chi connectivity index (χ1n) is 8.27. The maximum Gasteiger partial charge on any atom is 0.340 e. The Hall–Kier alpha value is -2.92. The van der Waals surface area contributed by atoms with E-state index < -0.39 is 5.97 Å². The number of hydrogen-bond acceptors (Lipinski definition) is 4. The summed E-state index contributed by atoms with van der Waals surface area (Å²) in [4.78, 5) is 23.8. The number of carbonyl (C=O) groups excluding carboxylic acids is 2. The molecule has 0 saturated heterocycles. The van der Waals surface area contributed by atoms with E-state index in [4.69, 9.17) is 4.74 Å². The number of carbonyl (C=O) groups is 2. The van der Waals surface area contributed by atoms with Gasteiger partial charge in [0, 0.05) is 6.42 Å². The third-order valence-corrected chi connectivity index (χ3v) is 4.86. The highest BCUT2D eigenvalue weighted by Crippen LogP contribution is 2.24. The lowest BCUT2D eigenvalue weighted by Gasteiger charge is -2.07. The number of ether oxygens (including phenoxy) is 1. The van der Waals surface area contributed by atoms with E-state index in [-0.39, 0.29) is 5.91 Å². The summed E-state index contributed by atoms with van der Waals surface area (Å²) in [6.45, 7) is 0. The summed E-state index contributed by atoms with van der Waals surface area (Å²) in [7, 11) is 1.32. The van der Waals surface area contributed by atoms with E-state index in [2.05, 4.69) is 29.6 Å². The van der Waals surface area contributed by atoms with Crippen molar-refractivity contribution < 1.29 is 14.3 Å². The molecule has 0 fully saturated rings. The van der Waals surface area contributed by atoms with E-state index in [1.165, 1.54) is 24.0 Å². The highest BCUT2D eigenvalue weighted by atomic mass is 32.1. The minimum Gasteiger partial charge on any atom is -0.465 e. The smallest absolute Gasteiger partial charge is 0.340 e. The largest absolute Gasteiger partial charge is 0.465 e. The van der Waals surface area contributed by atoms with Gasteiger partial charge in [-0.05, 0) is 34.6 Å². The Morgan fingerprint density at radius 1 is 0.962 bits per heavy atom. The molecule has 0 saturated carbocycles. The quantitative estimate of drug-likeness (QED) is 0.640. The predicted octanol–water partition coefficient (Wildman–Crippen LogP) is 4.77. The number of amides is 1. The van der Waals surface area contributed by atoms with Crippen LogP contribution in [0.1, 0.15) is 22.3 Å². The van der Waals surface area contributed by atoms with Crippen LogP contribution < -0.4 is 5.32 Å². The van der Waals surface area contributed by atoms with Crippen LogP contribution in [-0.4, -0.2) is 19.0 Å². The third kappa shape index (κ3) is 4.37. The normalized spacial score (nSPS) is 10.3. The van der Waals surface area contributed by atoms with E-state index in [0.29, 0.717) is 23.4 Å². The summed E-state index contributed by atoms with van der Waals surface area (Å²) in [6, 6.07) is 20.0. The van der Waals surface area contributed by atoms with Crippen molar-refractivity contribution in [1.29, 1.82) is 0 Å². The van der Waals surface area contributed by atoms with Gasteiger partial charge in [-0.2, -0.15) is 0 Å². The number of rotatable bonds is 6. The second kappa shape index (κ2) is 8.45. The molecule has 0 spiro atoms. The van der Waals surface area contributed by atoms with Crippen molar-refractivity contribution in [2.24, 2.45) is 0 Å². The summed E-state index contributed by atoms with van der Waals surface area (Å²) in [5.41, 5.74) is 3.81. The van der Waals surface area contributed by atoms with Gasteiger partial charge in [-0.25, -0.2) is 4.79 Å². The Morgan fingerprint density at radius 3 is 2.35 bits per heavy atom. The maximum absolute atomic E-state index is 12.2. The maximum atomic E-state index is 12.2. The molecule has 3 aromatic rings. The van der Waals surface area contributed by atoms with E-state index in [1.54, 1.807) is 11.4 Å². The lowest BCUT2D eigenvalue weighted by atomic mass is 10.0. The van der Waals surface area contributed by atoms with Crippen LogP contribution in [0.25, 0.3) is 11.1 Å². The number of anilines is 1. The molecule has 132 valence electrons. The molecule has 0 unspecified atom stereocenters. The summed E-state index contributed by atoms with van der Waals surface area (Å²) < 4.78 is 4.71. The fourth-order valence-electron chi connectivity index (χ4n) is 2.62. The number of nitrogens with one attached hydrogen (secondary N) is 1. The second-order valence-corrected chi connectivity index (χ2v) is 6.68. The fraction of sp³-hybridized carbons (Fsp3) is 0.143. The van der Waals surface area contributed by atoms with Gasteiger partial charge in [-0.1, -0.05) is 54.6 Å². The van der Waals surface area contributed by atoms with E-state index in [1.807, 2.05) is 30.3 Å². The first-order valence-corrected chi connectivity index (χ1v) is 9.15. The van der Waals surface area contributed by atoms with E-state index >= 15 is 0 Å². The molecule has 0 aliphatic rings. The van der Waals surface area contributed by atoms with Gasteiger partial charge in [-0.3, -0.25) is 4.79 Å². The highest BCUT2D eigenvalue weighted by Gasteiger charge is 2.15. The molecular formula is C21H19NO3S. The van der Waals surface area contributed by atoms with Crippen LogP contribution in [0.3, 0.4) is 0 Å². The summed E-state index contributed by atoms with van der Waals surface area (Å²) in [5.74, 6) is -0.567. The van der Waals surface area contributed by atoms with Crippen molar-refractivity contribution in [2.45, 2.75) is 12.8 Å². The molecule has 0 aliphatic carbocycles. The lowest BCUT2D eigenvalue weighted by Crippen LogP contribution is -2.14. The Kier molecular flexibility index (Phi) is 5.81. The van der Waals surface area contributed by atoms with Crippen LogP contribution in [0.2, 0.25) is 0 Å². The number of hydrogen-bond donors (Lipinski definition) is 1. The molecule has 0 atom stereocenters. The van der Waals surface area contributed by atoms with Gasteiger partial charge in [0.05, 0.1) is 12.7 Å². The zero-order valence-electron chi connectivity index (χ0n) is 14.4. The van der Waals surface area contributed by atoms with Gasteiger partial charge in [0.1, 0.15) is 5.00 Å².